The average Bonchev–Trinajstić information content (AvgIpc) is 3.16. The molecule has 0 saturated carbocycles. The van der Waals surface area contributed by atoms with Gasteiger partial charge in [0.05, 0.1) is 14.2 Å². The van der Waals surface area contributed by atoms with Gasteiger partial charge in [-0.05, 0) is 36.4 Å². The van der Waals surface area contributed by atoms with Crippen LogP contribution in [0.2, 0.25) is 0 Å². The molecule has 3 aromatic rings. The van der Waals surface area contributed by atoms with Gasteiger partial charge < -0.3 is 9.47 Å². The van der Waals surface area contributed by atoms with E-state index < -0.39 is 5.82 Å². The van der Waals surface area contributed by atoms with Gasteiger partial charge in [0.15, 0.2) is 11.5 Å². The molecule has 0 saturated heterocycles. The Balaban J connectivity index is 1.86. The molecule has 0 spiro atoms. The maximum absolute atomic E-state index is 13.3. The molecular weight excluding hydrogens is 357 g/mol. The van der Waals surface area contributed by atoms with Crippen LogP contribution in [0.4, 0.5) is 9.52 Å². The van der Waals surface area contributed by atoms with Gasteiger partial charge in [0.2, 0.25) is 5.13 Å². The molecule has 1 aromatic heterocycles. The molecule has 0 fully saturated rings. The third-order valence-electron chi connectivity index (χ3n) is 3.71. The Hall–Kier alpha value is -3.00. The lowest BCUT2D eigenvalue weighted by Gasteiger charge is -2.12. The van der Waals surface area contributed by atoms with Crippen LogP contribution in [-0.2, 0) is 0 Å². The van der Waals surface area contributed by atoms with E-state index in [0.29, 0.717) is 21.6 Å². The monoisotopic (exact) mass is 373 g/mol. The lowest BCUT2D eigenvalue weighted by Crippen LogP contribution is -2.26. The Bertz CT molecular complexity index is 945. The van der Waals surface area contributed by atoms with E-state index in [-0.39, 0.29) is 11.5 Å². The van der Waals surface area contributed by atoms with Crippen molar-refractivity contribution < 1.29 is 18.7 Å². The second-order valence-corrected chi connectivity index (χ2v) is 6.29. The molecule has 8 heteroatoms. The number of hydrogen-bond donors (Lipinski definition) is 0. The highest BCUT2D eigenvalue weighted by Gasteiger charge is 2.19. The fourth-order valence-electron chi connectivity index (χ4n) is 2.34. The Labute approximate surface area is 153 Å². The quantitative estimate of drug-likeness (QED) is 0.683. The highest BCUT2D eigenvalue weighted by Crippen LogP contribution is 2.35. The number of rotatable bonds is 5. The van der Waals surface area contributed by atoms with E-state index in [9.17, 15) is 9.18 Å². The van der Waals surface area contributed by atoms with Gasteiger partial charge >= 0.3 is 0 Å². The molecular formula is C18H16FN3O3S. The molecule has 1 heterocycles. The molecule has 0 unspecified atom stereocenters. The highest BCUT2D eigenvalue weighted by molar-refractivity contribution is 7.18. The van der Waals surface area contributed by atoms with E-state index in [1.54, 1.807) is 39.5 Å². The summed E-state index contributed by atoms with van der Waals surface area (Å²) in [5.74, 6) is 0.359. The number of methoxy groups -OCH3 is 2. The standard InChI is InChI=1S/C18H16FN3O3S/c1-22(17(23)12-5-4-6-13(19)9-12)18-21-20-16(26-18)11-7-8-14(24-2)15(10-11)25-3/h4-10H,1-3H3. The molecule has 26 heavy (non-hydrogen) atoms. The van der Waals surface area contributed by atoms with Crippen molar-refractivity contribution in [2.24, 2.45) is 0 Å². The molecule has 2 aromatic carbocycles. The first kappa shape index (κ1) is 17.8. The predicted molar refractivity (Wildman–Crippen MR) is 97.6 cm³/mol. The summed E-state index contributed by atoms with van der Waals surface area (Å²) in [5, 5.41) is 9.23. The maximum atomic E-state index is 13.3. The molecule has 0 aliphatic carbocycles. The molecule has 0 aliphatic heterocycles. The maximum Gasteiger partial charge on any atom is 0.259 e. The van der Waals surface area contributed by atoms with Crippen molar-refractivity contribution in [2.75, 3.05) is 26.2 Å². The molecule has 0 radical (unpaired) electrons. The topological polar surface area (TPSA) is 64.6 Å². The minimum absolute atomic E-state index is 0.246. The van der Waals surface area contributed by atoms with Crippen molar-refractivity contribution in [3.8, 4) is 22.1 Å². The second kappa shape index (κ2) is 7.49. The van der Waals surface area contributed by atoms with Crippen molar-refractivity contribution in [3.05, 3.63) is 53.8 Å². The largest absolute Gasteiger partial charge is 0.493 e. The minimum atomic E-state index is -0.465. The summed E-state index contributed by atoms with van der Waals surface area (Å²) in [6, 6.07) is 10.9. The Morgan fingerprint density at radius 2 is 1.85 bits per heavy atom. The first-order valence-corrected chi connectivity index (χ1v) is 8.44. The van der Waals surface area contributed by atoms with Gasteiger partial charge in [-0.2, -0.15) is 0 Å². The third kappa shape index (κ3) is 3.50. The lowest BCUT2D eigenvalue weighted by molar-refractivity contribution is 0.0992. The number of anilines is 1. The first-order valence-electron chi connectivity index (χ1n) is 7.63. The van der Waals surface area contributed by atoms with E-state index in [1.165, 1.54) is 34.4 Å². The van der Waals surface area contributed by atoms with Crippen molar-refractivity contribution >= 4 is 22.4 Å². The van der Waals surface area contributed by atoms with Crippen LogP contribution < -0.4 is 14.4 Å². The zero-order chi connectivity index (χ0) is 18.7. The van der Waals surface area contributed by atoms with Crippen LogP contribution in [-0.4, -0.2) is 37.4 Å². The molecule has 0 N–H and O–H groups in total. The van der Waals surface area contributed by atoms with Crippen LogP contribution >= 0.6 is 11.3 Å². The molecule has 1 amide bonds. The van der Waals surface area contributed by atoms with Crippen LogP contribution in [0.15, 0.2) is 42.5 Å². The normalized spacial score (nSPS) is 10.5. The van der Waals surface area contributed by atoms with Gasteiger partial charge in [-0.15, -0.1) is 10.2 Å². The van der Waals surface area contributed by atoms with Gasteiger partial charge in [-0.25, -0.2) is 4.39 Å². The SMILES string of the molecule is COc1ccc(-c2nnc(N(C)C(=O)c3cccc(F)c3)s2)cc1OC. The fraction of sp³-hybridized carbons (Fsp3) is 0.167. The smallest absolute Gasteiger partial charge is 0.259 e. The van der Waals surface area contributed by atoms with Gasteiger partial charge in [-0.1, -0.05) is 17.4 Å². The van der Waals surface area contributed by atoms with E-state index in [0.717, 1.165) is 5.56 Å². The molecule has 0 atom stereocenters. The molecule has 6 nitrogen and oxygen atoms in total. The minimum Gasteiger partial charge on any atom is -0.493 e. The van der Waals surface area contributed by atoms with E-state index in [4.69, 9.17) is 9.47 Å². The van der Waals surface area contributed by atoms with Gasteiger partial charge in [-0.3, -0.25) is 9.69 Å². The van der Waals surface area contributed by atoms with Gasteiger partial charge in [0.25, 0.3) is 5.91 Å². The number of aromatic nitrogens is 2. The average molecular weight is 373 g/mol. The van der Waals surface area contributed by atoms with Crippen LogP contribution in [0.3, 0.4) is 0 Å². The summed E-state index contributed by atoms with van der Waals surface area (Å²) in [7, 11) is 4.69. The van der Waals surface area contributed by atoms with Gasteiger partial charge in [0, 0.05) is 18.2 Å². The zero-order valence-corrected chi connectivity index (χ0v) is 15.2. The summed E-state index contributed by atoms with van der Waals surface area (Å²) in [4.78, 5) is 13.8. The molecule has 0 bridgehead atoms. The van der Waals surface area contributed by atoms with E-state index in [1.807, 2.05) is 6.07 Å². The summed E-state index contributed by atoms with van der Waals surface area (Å²) >= 11 is 1.25. The molecule has 134 valence electrons. The fourth-order valence-corrected chi connectivity index (χ4v) is 3.14. The van der Waals surface area contributed by atoms with Crippen molar-refractivity contribution in [2.45, 2.75) is 0 Å². The number of amides is 1. The highest BCUT2D eigenvalue weighted by atomic mass is 32.1. The Morgan fingerprint density at radius 1 is 1.08 bits per heavy atom. The lowest BCUT2D eigenvalue weighted by atomic mass is 10.2. The summed E-state index contributed by atoms with van der Waals surface area (Å²) in [6.45, 7) is 0. The van der Waals surface area contributed by atoms with Crippen LogP contribution in [0.25, 0.3) is 10.6 Å². The van der Waals surface area contributed by atoms with E-state index >= 15 is 0 Å². The first-order chi connectivity index (χ1) is 12.5. The van der Waals surface area contributed by atoms with E-state index in [2.05, 4.69) is 10.2 Å². The van der Waals surface area contributed by atoms with Gasteiger partial charge in [0.1, 0.15) is 10.8 Å². The molecule has 3 rings (SSSR count). The zero-order valence-electron chi connectivity index (χ0n) is 14.4. The molecule has 0 aliphatic rings. The van der Waals surface area contributed by atoms with Crippen molar-refractivity contribution in [1.29, 1.82) is 0 Å². The second-order valence-electron chi connectivity index (χ2n) is 5.33. The number of ether oxygens (including phenoxy) is 2. The number of hydrogen-bond acceptors (Lipinski definition) is 6. The number of nitrogens with zero attached hydrogens (tertiary/aromatic N) is 3. The number of carbonyl (C=O) groups is 1. The third-order valence-corrected chi connectivity index (χ3v) is 4.76. The van der Waals surface area contributed by atoms with Crippen molar-refractivity contribution in [3.63, 3.8) is 0 Å². The predicted octanol–water partition coefficient (Wildman–Crippen LogP) is 3.64. The Kier molecular flexibility index (Phi) is 5.13. The Morgan fingerprint density at radius 3 is 2.54 bits per heavy atom. The van der Waals surface area contributed by atoms with Crippen molar-refractivity contribution in [1.82, 2.24) is 10.2 Å². The summed E-state index contributed by atoms with van der Waals surface area (Å²) in [6.07, 6.45) is 0. The summed E-state index contributed by atoms with van der Waals surface area (Å²) < 4.78 is 23.8. The van der Waals surface area contributed by atoms with Crippen LogP contribution in [0.5, 0.6) is 11.5 Å². The number of carbonyl (C=O) groups excluding carboxylic acids is 1. The number of halogens is 1. The van der Waals surface area contributed by atoms with Crippen LogP contribution in [0.1, 0.15) is 10.4 Å². The van der Waals surface area contributed by atoms with Crippen LogP contribution in [0, 0.1) is 5.82 Å². The number of benzene rings is 2. The summed E-state index contributed by atoms with van der Waals surface area (Å²) in [5.41, 5.74) is 1.04.